The van der Waals surface area contributed by atoms with Crippen molar-refractivity contribution in [1.29, 1.82) is 0 Å². The summed E-state index contributed by atoms with van der Waals surface area (Å²) in [6.45, 7) is 8.38. The van der Waals surface area contributed by atoms with Crippen molar-refractivity contribution < 1.29 is 0 Å². The Kier molecular flexibility index (Phi) is 5.23. The average molecular weight is 293 g/mol. The molecule has 3 saturated heterocycles. The normalized spacial score (nSPS) is 42.1. The Hall–Kier alpha value is -0.120. The lowest BCUT2D eigenvalue weighted by atomic mass is 9.82. The van der Waals surface area contributed by atoms with Crippen LogP contribution in [0.25, 0.3) is 0 Å². The van der Waals surface area contributed by atoms with E-state index in [-0.39, 0.29) is 0 Å². The lowest BCUT2D eigenvalue weighted by molar-refractivity contribution is -0.187. The van der Waals surface area contributed by atoms with Gasteiger partial charge in [0.05, 0.1) is 0 Å². The fourth-order valence-corrected chi connectivity index (χ4v) is 5.11. The monoisotopic (exact) mass is 293 g/mol. The van der Waals surface area contributed by atoms with Crippen LogP contribution in [0.3, 0.4) is 0 Å². The van der Waals surface area contributed by atoms with Gasteiger partial charge < -0.3 is 5.32 Å². The van der Waals surface area contributed by atoms with Gasteiger partial charge in [-0.25, -0.2) is 10.0 Å². The maximum atomic E-state index is 3.80. The molecular weight excluding hydrogens is 258 g/mol. The Morgan fingerprint density at radius 2 is 1.43 bits per heavy atom. The highest BCUT2D eigenvalue weighted by Crippen LogP contribution is 2.38. The van der Waals surface area contributed by atoms with Gasteiger partial charge >= 0.3 is 0 Å². The first kappa shape index (κ1) is 15.8. The first-order valence-electron chi connectivity index (χ1n) is 9.50. The first-order chi connectivity index (χ1) is 10.2. The van der Waals surface area contributed by atoms with Crippen molar-refractivity contribution in [3.05, 3.63) is 0 Å². The van der Waals surface area contributed by atoms with Gasteiger partial charge in [-0.05, 0) is 65.3 Å². The molecule has 21 heavy (non-hydrogen) atoms. The summed E-state index contributed by atoms with van der Waals surface area (Å²) in [5.41, 5.74) is 0. The van der Waals surface area contributed by atoms with Crippen LogP contribution in [0.2, 0.25) is 0 Å². The van der Waals surface area contributed by atoms with E-state index < -0.39 is 0 Å². The second-order valence-electron chi connectivity index (χ2n) is 7.75. The van der Waals surface area contributed by atoms with E-state index in [1.54, 1.807) is 0 Å². The van der Waals surface area contributed by atoms with Crippen molar-refractivity contribution in [2.45, 2.75) is 109 Å². The fraction of sp³-hybridized carbons (Fsp3) is 1.00. The van der Waals surface area contributed by atoms with E-state index in [1.807, 2.05) is 0 Å². The van der Waals surface area contributed by atoms with E-state index in [0.717, 1.165) is 30.2 Å². The summed E-state index contributed by atoms with van der Waals surface area (Å²) in [6, 6.07) is 3.87. The van der Waals surface area contributed by atoms with Crippen LogP contribution in [0.15, 0.2) is 0 Å². The molecule has 0 aromatic carbocycles. The Morgan fingerprint density at radius 1 is 0.857 bits per heavy atom. The number of hydrogen-bond acceptors (Lipinski definition) is 3. The maximum Gasteiger partial charge on any atom is 0.0264 e. The summed E-state index contributed by atoms with van der Waals surface area (Å²) < 4.78 is 0. The van der Waals surface area contributed by atoms with E-state index >= 15 is 0 Å². The molecule has 0 aliphatic carbocycles. The van der Waals surface area contributed by atoms with Crippen molar-refractivity contribution in [2.24, 2.45) is 0 Å². The van der Waals surface area contributed by atoms with Crippen LogP contribution >= 0.6 is 0 Å². The Bertz CT molecular complexity index is 308. The van der Waals surface area contributed by atoms with Gasteiger partial charge in [-0.15, -0.1) is 0 Å². The fourth-order valence-electron chi connectivity index (χ4n) is 5.11. The molecule has 1 N–H and O–H groups in total. The highest BCUT2D eigenvalue weighted by atomic mass is 15.7. The van der Waals surface area contributed by atoms with E-state index in [9.17, 15) is 0 Å². The molecule has 2 bridgehead atoms. The molecule has 122 valence electrons. The largest absolute Gasteiger partial charge is 0.314 e. The number of piperidine rings is 3. The Balaban J connectivity index is 1.71. The summed E-state index contributed by atoms with van der Waals surface area (Å²) in [6.07, 6.45) is 12.5. The van der Waals surface area contributed by atoms with Gasteiger partial charge in [-0.2, -0.15) is 0 Å². The van der Waals surface area contributed by atoms with Crippen molar-refractivity contribution in [3.63, 3.8) is 0 Å². The number of fused-ring (bicyclic) bond motifs is 2. The highest BCUT2D eigenvalue weighted by molar-refractivity contribution is 4.96. The second kappa shape index (κ2) is 6.97. The molecule has 3 heteroatoms. The molecule has 3 rings (SSSR count). The second-order valence-corrected chi connectivity index (χ2v) is 7.75. The van der Waals surface area contributed by atoms with Crippen molar-refractivity contribution in [2.75, 3.05) is 6.54 Å². The molecule has 3 nitrogen and oxygen atoms in total. The van der Waals surface area contributed by atoms with E-state index in [4.69, 9.17) is 0 Å². The lowest BCUT2D eigenvalue weighted by Crippen LogP contribution is -2.66. The molecule has 0 amide bonds. The zero-order chi connectivity index (χ0) is 14.8. The molecule has 4 atom stereocenters. The Morgan fingerprint density at radius 3 is 2.00 bits per heavy atom. The zero-order valence-corrected chi connectivity index (χ0v) is 14.4. The standard InChI is InChI=1S/C18H35N3/c1-4-11-19-16-12-17-9-6-10-18(13-16)21(17)20-14(2)7-5-8-15(20)3/h14-19H,4-13H2,1-3H3. The van der Waals surface area contributed by atoms with Gasteiger partial charge in [0.1, 0.15) is 0 Å². The highest BCUT2D eigenvalue weighted by Gasteiger charge is 2.44. The number of hydrogen-bond donors (Lipinski definition) is 1. The van der Waals surface area contributed by atoms with Gasteiger partial charge in [0.15, 0.2) is 0 Å². The number of rotatable bonds is 4. The molecule has 3 fully saturated rings. The molecule has 3 heterocycles. The minimum Gasteiger partial charge on any atom is -0.314 e. The van der Waals surface area contributed by atoms with Crippen molar-refractivity contribution >= 4 is 0 Å². The average Bonchev–Trinajstić information content (AvgIpc) is 2.45. The van der Waals surface area contributed by atoms with Gasteiger partial charge in [-0.3, -0.25) is 0 Å². The SMILES string of the molecule is CCCNC1CC2CCCC(C1)N2N1C(C)CCCC1C. The predicted octanol–water partition coefficient (Wildman–Crippen LogP) is 3.55. The zero-order valence-electron chi connectivity index (χ0n) is 14.4. The molecule has 4 unspecified atom stereocenters. The summed E-state index contributed by atoms with van der Waals surface area (Å²) in [5, 5.41) is 9.46. The summed E-state index contributed by atoms with van der Waals surface area (Å²) in [4.78, 5) is 0. The van der Waals surface area contributed by atoms with Crippen LogP contribution in [0.4, 0.5) is 0 Å². The van der Waals surface area contributed by atoms with E-state index in [1.165, 1.54) is 64.3 Å². The minimum atomic E-state index is 0.747. The predicted molar refractivity (Wildman–Crippen MR) is 89.2 cm³/mol. The molecule has 0 spiro atoms. The van der Waals surface area contributed by atoms with Crippen molar-refractivity contribution in [1.82, 2.24) is 15.3 Å². The van der Waals surface area contributed by atoms with E-state index in [0.29, 0.717) is 0 Å². The van der Waals surface area contributed by atoms with Crippen molar-refractivity contribution in [3.8, 4) is 0 Å². The maximum absolute atomic E-state index is 3.80. The number of nitrogens with one attached hydrogen (secondary N) is 1. The topological polar surface area (TPSA) is 18.5 Å². The van der Waals surface area contributed by atoms with Crippen LogP contribution in [-0.4, -0.2) is 46.8 Å². The summed E-state index contributed by atoms with van der Waals surface area (Å²) in [7, 11) is 0. The molecule has 0 aromatic rings. The van der Waals surface area contributed by atoms with Crippen LogP contribution in [0.1, 0.15) is 78.6 Å². The quantitative estimate of drug-likeness (QED) is 0.855. The number of nitrogens with zero attached hydrogens (tertiary/aromatic N) is 2. The molecular formula is C18H35N3. The molecule has 0 radical (unpaired) electrons. The van der Waals surface area contributed by atoms with Gasteiger partial charge in [-0.1, -0.05) is 19.8 Å². The van der Waals surface area contributed by atoms with Crippen LogP contribution in [0.5, 0.6) is 0 Å². The lowest BCUT2D eigenvalue weighted by Gasteiger charge is -2.57. The third-order valence-electron chi connectivity index (χ3n) is 6.03. The number of hydrazine groups is 1. The third kappa shape index (κ3) is 3.30. The summed E-state index contributed by atoms with van der Waals surface area (Å²) >= 11 is 0. The van der Waals surface area contributed by atoms with Crippen LogP contribution in [-0.2, 0) is 0 Å². The molecule has 3 aliphatic rings. The third-order valence-corrected chi connectivity index (χ3v) is 6.03. The van der Waals surface area contributed by atoms with Gasteiger partial charge in [0.25, 0.3) is 0 Å². The summed E-state index contributed by atoms with van der Waals surface area (Å²) in [5.74, 6) is 0. The smallest absolute Gasteiger partial charge is 0.0264 e. The molecule has 3 aliphatic heterocycles. The van der Waals surface area contributed by atoms with E-state index in [2.05, 4.69) is 36.1 Å². The van der Waals surface area contributed by atoms with Crippen LogP contribution < -0.4 is 5.32 Å². The first-order valence-corrected chi connectivity index (χ1v) is 9.50. The molecule has 0 saturated carbocycles. The van der Waals surface area contributed by atoms with Crippen LogP contribution in [0, 0.1) is 0 Å². The molecule has 0 aromatic heterocycles. The van der Waals surface area contributed by atoms with Gasteiger partial charge in [0.2, 0.25) is 0 Å². The Labute approximate surface area is 131 Å². The van der Waals surface area contributed by atoms with Gasteiger partial charge in [0, 0.05) is 30.2 Å². The minimum absolute atomic E-state index is 0.747.